The topological polar surface area (TPSA) is 41.5 Å². The molecule has 1 aromatic rings. The summed E-state index contributed by atoms with van der Waals surface area (Å²) in [6.07, 6.45) is -0.341. The number of aliphatic hydroxyl groups excluding tert-OH is 1. The molecule has 0 saturated heterocycles. The second-order valence-electron chi connectivity index (χ2n) is 4.47. The molecular formula is C14H21NO2S2. The maximum atomic E-state index is 9.70. The highest BCUT2D eigenvalue weighted by atomic mass is 32.2. The molecule has 1 rings (SSSR count). The molecule has 1 atom stereocenters. The van der Waals surface area contributed by atoms with Crippen molar-refractivity contribution in [1.82, 2.24) is 5.32 Å². The van der Waals surface area contributed by atoms with Crippen molar-refractivity contribution < 1.29 is 9.84 Å². The first-order valence-electron chi connectivity index (χ1n) is 6.32. The lowest BCUT2D eigenvalue weighted by Crippen LogP contribution is -2.24. The smallest absolute Gasteiger partial charge is 0.134 e. The number of nitrogens with one attached hydrogen (secondary N) is 1. The van der Waals surface area contributed by atoms with Gasteiger partial charge in [-0.25, -0.2) is 0 Å². The van der Waals surface area contributed by atoms with Crippen LogP contribution in [0.25, 0.3) is 0 Å². The molecule has 0 bridgehead atoms. The van der Waals surface area contributed by atoms with E-state index in [0.29, 0.717) is 23.2 Å². The maximum absolute atomic E-state index is 9.70. The monoisotopic (exact) mass is 299 g/mol. The zero-order valence-electron chi connectivity index (χ0n) is 11.3. The minimum absolute atomic E-state index is 0.141. The van der Waals surface area contributed by atoms with Gasteiger partial charge in [0.15, 0.2) is 0 Å². The summed E-state index contributed by atoms with van der Waals surface area (Å²) in [6, 6.07) is 10.1. The van der Waals surface area contributed by atoms with E-state index in [9.17, 15) is 5.11 Å². The third kappa shape index (κ3) is 8.21. The third-order valence-electron chi connectivity index (χ3n) is 2.31. The van der Waals surface area contributed by atoms with Crippen LogP contribution in [-0.4, -0.2) is 34.0 Å². The quantitative estimate of drug-likeness (QED) is 0.758. The van der Waals surface area contributed by atoms with E-state index in [1.165, 1.54) is 17.3 Å². The van der Waals surface area contributed by atoms with Crippen LogP contribution < -0.4 is 5.32 Å². The van der Waals surface area contributed by atoms with Gasteiger partial charge in [-0.3, -0.25) is 0 Å². The van der Waals surface area contributed by atoms with Crippen molar-refractivity contribution in [2.75, 3.05) is 12.4 Å². The van der Waals surface area contributed by atoms with Gasteiger partial charge in [-0.05, 0) is 19.4 Å². The lowest BCUT2D eigenvalue weighted by Gasteiger charge is -2.14. The molecule has 0 spiro atoms. The molecule has 19 heavy (non-hydrogen) atoms. The van der Waals surface area contributed by atoms with Crippen LogP contribution in [-0.2, 0) is 11.3 Å². The summed E-state index contributed by atoms with van der Waals surface area (Å²) in [7, 11) is 0. The number of rotatable bonds is 7. The molecule has 0 amide bonds. The third-order valence-corrected chi connectivity index (χ3v) is 3.76. The van der Waals surface area contributed by atoms with Crippen LogP contribution in [0.3, 0.4) is 0 Å². The Kier molecular flexibility index (Phi) is 8.05. The van der Waals surface area contributed by atoms with Crippen molar-refractivity contribution in [1.29, 1.82) is 0 Å². The van der Waals surface area contributed by atoms with Gasteiger partial charge in [0.25, 0.3) is 0 Å². The van der Waals surface area contributed by atoms with Gasteiger partial charge in [0.2, 0.25) is 0 Å². The predicted molar refractivity (Wildman–Crippen MR) is 85.4 cm³/mol. The maximum Gasteiger partial charge on any atom is 0.134 e. The minimum Gasteiger partial charge on any atom is -0.390 e. The lowest BCUT2D eigenvalue weighted by molar-refractivity contribution is 0.0153. The number of ether oxygens (including phenoxy) is 1. The van der Waals surface area contributed by atoms with Gasteiger partial charge in [0, 0.05) is 12.3 Å². The minimum atomic E-state index is -0.483. The summed E-state index contributed by atoms with van der Waals surface area (Å²) in [6.45, 7) is 4.97. The highest BCUT2D eigenvalue weighted by Crippen LogP contribution is 2.07. The van der Waals surface area contributed by atoms with Crippen molar-refractivity contribution in [2.24, 2.45) is 0 Å². The molecule has 0 aromatic heterocycles. The summed E-state index contributed by atoms with van der Waals surface area (Å²) in [5.74, 6) is 0.549. The molecule has 0 aliphatic rings. The first kappa shape index (κ1) is 16.4. The van der Waals surface area contributed by atoms with Gasteiger partial charge >= 0.3 is 0 Å². The second kappa shape index (κ2) is 9.31. The Morgan fingerprint density at radius 2 is 2.05 bits per heavy atom. The van der Waals surface area contributed by atoms with Gasteiger partial charge < -0.3 is 15.2 Å². The largest absolute Gasteiger partial charge is 0.390 e. The van der Waals surface area contributed by atoms with E-state index in [4.69, 9.17) is 17.0 Å². The Labute approximate surface area is 124 Å². The van der Waals surface area contributed by atoms with E-state index < -0.39 is 6.10 Å². The molecule has 0 aliphatic carbocycles. The van der Waals surface area contributed by atoms with Gasteiger partial charge in [-0.2, -0.15) is 0 Å². The fraction of sp³-hybridized carbons (Fsp3) is 0.500. The average Bonchev–Trinajstić information content (AvgIpc) is 2.41. The number of thiocarbonyl (C=S) groups is 1. The van der Waals surface area contributed by atoms with Crippen molar-refractivity contribution in [2.45, 2.75) is 32.6 Å². The molecule has 5 heteroatoms. The van der Waals surface area contributed by atoms with Crippen LogP contribution in [0, 0.1) is 0 Å². The molecule has 0 radical (unpaired) electrons. The van der Waals surface area contributed by atoms with Crippen LogP contribution in [0.5, 0.6) is 0 Å². The number of hydrogen-bond acceptors (Lipinski definition) is 4. The van der Waals surface area contributed by atoms with Gasteiger partial charge in [-0.15, -0.1) is 0 Å². The number of thioether (sulfide) groups is 1. The first-order chi connectivity index (χ1) is 9.08. The van der Waals surface area contributed by atoms with Crippen molar-refractivity contribution in [3.63, 3.8) is 0 Å². The average molecular weight is 299 g/mol. The van der Waals surface area contributed by atoms with Crippen LogP contribution in [0.15, 0.2) is 30.3 Å². The summed E-state index contributed by atoms with van der Waals surface area (Å²) < 4.78 is 6.04. The Hall–Kier alpha value is -0.620. The van der Waals surface area contributed by atoms with E-state index in [0.717, 1.165) is 0 Å². The Bertz CT molecular complexity index is 371. The van der Waals surface area contributed by atoms with Crippen LogP contribution >= 0.6 is 24.0 Å². The molecular weight excluding hydrogens is 278 g/mol. The molecule has 3 nitrogen and oxygen atoms in total. The molecule has 0 saturated carbocycles. The zero-order chi connectivity index (χ0) is 14.1. The highest BCUT2D eigenvalue weighted by Gasteiger charge is 2.07. The molecule has 106 valence electrons. The normalized spacial score (nSPS) is 12.4. The first-order valence-corrected chi connectivity index (χ1v) is 7.71. The fourth-order valence-corrected chi connectivity index (χ4v) is 2.24. The van der Waals surface area contributed by atoms with Crippen molar-refractivity contribution >= 4 is 28.3 Å². The van der Waals surface area contributed by atoms with E-state index in [2.05, 4.69) is 5.32 Å². The van der Waals surface area contributed by atoms with Crippen molar-refractivity contribution in [3.8, 4) is 0 Å². The van der Waals surface area contributed by atoms with Gasteiger partial charge in [0.1, 0.15) is 4.32 Å². The standard InChI is InChI=1S/C14H21NO2S2/c1-11(2)17-9-13(16)10-19-14(18)15-8-12-6-4-3-5-7-12/h3-7,11,13,16H,8-10H2,1-2H3,(H,15,18). The Balaban J connectivity index is 2.14. The highest BCUT2D eigenvalue weighted by molar-refractivity contribution is 8.23. The molecule has 0 aliphatic heterocycles. The summed E-state index contributed by atoms with van der Waals surface area (Å²) in [4.78, 5) is 0. The van der Waals surface area contributed by atoms with Crippen LogP contribution in [0.4, 0.5) is 0 Å². The zero-order valence-corrected chi connectivity index (χ0v) is 13.0. The van der Waals surface area contributed by atoms with Gasteiger partial charge in [-0.1, -0.05) is 54.3 Å². The number of aliphatic hydroxyl groups is 1. The molecule has 2 N–H and O–H groups in total. The Morgan fingerprint density at radius 1 is 1.37 bits per heavy atom. The van der Waals surface area contributed by atoms with E-state index >= 15 is 0 Å². The fourth-order valence-electron chi connectivity index (χ4n) is 1.34. The number of benzene rings is 1. The Morgan fingerprint density at radius 3 is 2.68 bits per heavy atom. The van der Waals surface area contributed by atoms with Gasteiger partial charge in [0.05, 0.1) is 18.8 Å². The molecule has 0 fully saturated rings. The molecule has 1 aromatic carbocycles. The predicted octanol–water partition coefficient (Wildman–Crippen LogP) is 2.58. The van der Waals surface area contributed by atoms with E-state index in [1.807, 2.05) is 44.2 Å². The lowest BCUT2D eigenvalue weighted by atomic mass is 10.2. The van der Waals surface area contributed by atoms with Crippen LogP contribution in [0.2, 0.25) is 0 Å². The molecule has 0 heterocycles. The summed E-state index contributed by atoms with van der Waals surface area (Å²) in [5, 5.41) is 12.9. The van der Waals surface area contributed by atoms with Crippen LogP contribution in [0.1, 0.15) is 19.4 Å². The van der Waals surface area contributed by atoms with Crippen molar-refractivity contribution in [3.05, 3.63) is 35.9 Å². The van der Waals surface area contributed by atoms with E-state index in [1.54, 1.807) is 0 Å². The SMILES string of the molecule is CC(C)OCC(O)CSC(=S)NCc1ccccc1. The molecule has 1 unspecified atom stereocenters. The summed E-state index contributed by atoms with van der Waals surface area (Å²) in [5.41, 5.74) is 1.19. The summed E-state index contributed by atoms with van der Waals surface area (Å²) >= 11 is 6.65. The number of hydrogen-bond donors (Lipinski definition) is 2. The second-order valence-corrected chi connectivity index (χ2v) is 6.17. The van der Waals surface area contributed by atoms with E-state index in [-0.39, 0.29) is 6.10 Å².